The first-order chi connectivity index (χ1) is 7.68. The van der Waals surface area contributed by atoms with Crippen LogP contribution in [0.1, 0.15) is 24.1 Å². The quantitative estimate of drug-likeness (QED) is 0.801. The van der Waals surface area contributed by atoms with Gasteiger partial charge in [-0.2, -0.15) is 0 Å². The molecule has 1 aliphatic heterocycles. The largest absolute Gasteiger partial charge is 0.335 e. The molecule has 1 atom stereocenters. The minimum Gasteiger partial charge on any atom is -0.335 e. The first-order valence-electron chi connectivity index (χ1n) is 5.63. The van der Waals surface area contributed by atoms with Crippen LogP contribution in [0.15, 0.2) is 18.3 Å². The highest BCUT2D eigenvalue weighted by atomic mass is 16.2. The molecule has 2 heterocycles. The number of carbonyl (C=O) groups is 1. The van der Waals surface area contributed by atoms with Crippen molar-refractivity contribution < 1.29 is 4.79 Å². The van der Waals surface area contributed by atoms with Crippen molar-refractivity contribution in [2.75, 3.05) is 6.54 Å². The predicted molar refractivity (Wildman–Crippen MR) is 61.6 cm³/mol. The monoisotopic (exact) mass is 219 g/mol. The lowest BCUT2D eigenvalue weighted by Crippen LogP contribution is -2.47. The van der Waals surface area contributed by atoms with Gasteiger partial charge in [0.15, 0.2) is 0 Å². The second kappa shape index (κ2) is 4.61. The zero-order chi connectivity index (χ0) is 11.5. The van der Waals surface area contributed by atoms with Crippen LogP contribution in [0, 0.1) is 6.92 Å². The molecule has 1 saturated heterocycles. The summed E-state index contributed by atoms with van der Waals surface area (Å²) >= 11 is 0. The average molecular weight is 219 g/mol. The highest BCUT2D eigenvalue weighted by Crippen LogP contribution is 2.14. The lowest BCUT2D eigenvalue weighted by Gasteiger charge is -2.30. The number of likely N-dealkylation sites (tertiary alicyclic amines) is 1. The summed E-state index contributed by atoms with van der Waals surface area (Å²) in [7, 11) is 0. The van der Waals surface area contributed by atoms with Gasteiger partial charge < -0.3 is 10.6 Å². The van der Waals surface area contributed by atoms with Crippen molar-refractivity contribution in [3.63, 3.8) is 0 Å². The Hall–Kier alpha value is -1.42. The molecular formula is C12H17N3O. The van der Waals surface area contributed by atoms with Gasteiger partial charge in [0.1, 0.15) is 0 Å². The van der Waals surface area contributed by atoms with Gasteiger partial charge >= 0.3 is 0 Å². The fourth-order valence-corrected chi connectivity index (χ4v) is 1.99. The Bertz CT molecular complexity index is 392. The minimum atomic E-state index is -0.322. The standard InChI is InChI=1S/C12H17N3O/c1-9-4-2-6-14-11(9)8-15-7-3-5-10(13)12(15)16/h2,4,6,10H,3,5,7-8,13H2,1H3. The molecule has 0 spiro atoms. The third-order valence-corrected chi connectivity index (χ3v) is 3.03. The number of nitrogens with zero attached hydrogens (tertiary/aromatic N) is 2. The minimum absolute atomic E-state index is 0.0521. The zero-order valence-corrected chi connectivity index (χ0v) is 9.52. The van der Waals surface area contributed by atoms with Crippen molar-refractivity contribution in [2.45, 2.75) is 32.4 Å². The summed E-state index contributed by atoms with van der Waals surface area (Å²) in [5, 5.41) is 0. The topological polar surface area (TPSA) is 59.2 Å². The van der Waals surface area contributed by atoms with E-state index in [1.165, 1.54) is 0 Å². The van der Waals surface area contributed by atoms with E-state index in [0.29, 0.717) is 6.54 Å². The predicted octanol–water partition coefficient (Wildman–Crippen LogP) is 0.840. The molecule has 0 radical (unpaired) electrons. The molecule has 0 saturated carbocycles. The molecular weight excluding hydrogens is 202 g/mol. The summed E-state index contributed by atoms with van der Waals surface area (Å²) in [5.74, 6) is 0.0521. The Labute approximate surface area is 95.5 Å². The van der Waals surface area contributed by atoms with Crippen LogP contribution in [0.25, 0.3) is 0 Å². The Morgan fingerprint density at radius 2 is 2.44 bits per heavy atom. The molecule has 1 aliphatic rings. The normalized spacial score (nSPS) is 21.2. The number of hydrogen-bond donors (Lipinski definition) is 1. The molecule has 2 N–H and O–H groups in total. The van der Waals surface area contributed by atoms with Crippen LogP contribution in [0.5, 0.6) is 0 Å². The van der Waals surface area contributed by atoms with Crippen molar-refractivity contribution in [1.29, 1.82) is 0 Å². The number of hydrogen-bond acceptors (Lipinski definition) is 3. The number of amides is 1. The van der Waals surface area contributed by atoms with Crippen LogP contribution in [-0.2, 0) is 11.3 Å². The van der Waals surface area contributed by atoms with Gasteiger partial charge in [0.05, 0.1) is 18.3 Å². The molecule has 1 amide bonds. The van der Waals surface area contributed by atoms with E-state index in [4.69, 9.17) is 5.73 Å². The molecule has 4 heteroatoms. The smallest absolute Gasteiger partial charge is 0.239 e. The van der Waals surface area contributed by atoms with E-state index in [1.807, 2.05) is 24.0 Å². The van der Waals surface area contributed by atoms with E-state index >= 15 is 0 Å². The Balaban J connectivity index is 2.10. The van der Waals surface area contributed by atoms with Crippen LogP contribution < -0.4 is 5.73 Å². The molecule has 1 fully saturated rings. The van der Waals surface area contributed by atoms with E-state index in [1.54, 1.807) is 6.20 Å². The molecule has 0 aromatic carbocycles. The SMILES string of the molecule is Cc1cccnc1CN1CCCC(N)C1=O. The van der Waals surface area contributed by atoms with Crippen LogP contribution in [-0.4, -0.2) is 28.4 Å². The number of rotatable bonds is 2. The molecule has 1 unspecified atom stereocenters. The van der Waals surface area contributed by atoms with Gasteiger partial charge in [0, 0.05) is 12.7 Å². The first-order valence-corrected chi connectivity index (χ1v) is 5.63. The van der Waals surface area contributed by atoms with Crippen molar-refractivity contribution in [3.05, 3.63) is 29.6 Å². The van der Waals surface area contributed by atoms with E-state index < -0.39 is 0 Å². The zero-order valence-electron chi connectivity index (χ0n) is 9.52. The molecule has 2 rings (SSSR count). The fraction of sp³-hybridized carbons (Fsp3) is 0.500. The maximum Gasteiger partial charge on any atom is 0.239 e. The first kappa shape index (κ1) is 11.1. The molecule has 16 heavy (non-hydrogen) atoms. The Kier molecular flexibility index (Phi) is 3.19. The van der Waals surface area contributed by atoms with E-state index in [2.05, 4.69) is 4.98 Å². The summed E-state index contributed by atoms with van der Waals surface area (Å²) in [5.41, 5.74) is 7.83. The summed E-state index contributed by atoms with van der Waals surface area (Å²) in [6, 6.07) is 3.59. The molecule has 1 aromatic heterocycles. The van der Waals surface area contributed by atoms with Gasteiger partial charge in [-0.25, -0.2) is 0 Å². The van der Waals surface area contributed by atoms with E-state index in [-0.39, 0.29) is 11.9 Å². The van der Waals surface area contributed by atoms with Gasteiger partial charge in [-0.3, -0.25) is 9.78 Å². The maximum absolute atomic E-state index is 11.8. The van der Waals surface area contributed by atoms with Crippen LogP contribution in [0.3, 0.4) is 0 Å². The number of aromatic nitrogens is 1. The fourth-order valence-electron chi connectivity index (χ4n) is 1.99. The third-order valence-electron chi connectivity index (χ3n) is 3.03. The van der Waals surface area contributed by atoms with Crippen LogP contribution >= 0.6 is 0 Å². The van der Waals surface area contributed by atoms with Gasteiger partial charge in [-0.1, -0.05) is 6.07 Å². The molecule has 0 bridgehead atoms. The summed E-state index contributed by atoms with van der Waals surface area (Å²) < 4.78 is 0. The van der Waals surface area contributed by atoms with Crippen molar-refractivity contribution in [2.24, 2.45) is 5.73 Å². The number of nitrogens with two attached hydrogens (primary N) is 1. The number of aryl methyl sites for hydroxylation is 1. The molecule has 86 valence electrons. The molecule has 4 nitrogen and oxygen atoms in total. The third kappa shape index (κ3) is 2.22. The second-order valence-corrected chi connectivity index (χ2v) is 4.28. The second-order valence-electron chi connectivity index (χ2n) is 4.28. The van der Waals surface area contributed by atoms with E-state index in [9.17, 15) is 4.79 Å². The van der Waals surface area contributed by atoms with E-state index in [0.717, 1.165) is 30.6 Å². The van der Waals surface area contributed by atoms with Gasteiger partial charge in [0.2, 0.25) is 5.91 Å². The highest BCUT2D eigenvalue weighted by Gasteiger charge is 2.25. The van der Waals surface area contributed by atoms with Crippen molar-refractivity contribution in [1.82, 2.24) is 9.88 Å². The average Bonchev–Trinajstić information content (AvgIpc) is 2.28. The lowest BCUT2D eigenvalue weighted by atomic mass is 10.1. The lowest BCUT2D eigenvalue weighted by molar-refractivity contribution is -0.135. The van der Waals surface area contributed by atoms with Crippen LogP contribution in [0.4, 0.5) is 0 Å². The molecule has 1 aromatic rings. The summed E-state index contributed by atoms with van der Waals surface area (Å²) in [6.07, 6.45) is 3.55. The van der Waals surface area contributed by atoms with Crippen molar-refractivity contribution >= 4 is 5.91 Å². The molecule has 0 aliphatic carbocycles. The number of carbonyl (C=O) groups excluding carboxylic acids is 1. The summed E-state index contributed by atoms with van der Waals surface area (Å²) in [4.78, 5) is 17.9. The number of pyridine rings is 1. The van der Waals surface area contributed by atoms with Gasteiger partial charge in [-0.15, -0.1) is 0 Å². The summed E-state index contributed by atoms with van der Waals surface area (Å²) in [6.45, 7) is 3.39. The Morgan fingerprint density at radius 3 is 3.19 bits per heavy atom. The number of piperidine rings is 1. The Morgan fingerprint density at radius 1 is 1.62 bits per heavy atom. The van der Waals surface area contributed by atoms with Crippen LogP contribution in [0.2, 0.25) is 0 Å². The van der Waals surface area contributed by atoms with Gasteiger partial charge in [-0.05, 0) is 31.4 Å². The van der Waals surface area contributed by atoms with Gasteiger partial charge in [0.25, 0.3) is 0 Å². The highest BCUT2D eigenvalue weighted by molar-refractivity contribution is 5.82. The van der Waals surface area contributed by atoms with Crippen molar-refractivity contribution in [3.8, 4) is 0 Å². The maximum atomic E-state index is 11.8.